The van der Waals surface area contributed by atoms with Crippen LogP contribution in [0.25, 0.3) is 0 Å². The number of nitrogens with zero attached hydrogens (tertiary/aromatic N) is 1. The fraction of sp³-hybridized carbons (Fsp3) is 0.211. The first kappa shape index (κ1) is 23.4. The number of dihydropyridines is 1. The van der Waals surface area contributed by atoms with Crippen molar-refractivity contribution in [3.05, 3.63) is 64.8 Å². The number of carbonyl (C=O) groups excluding carboxylic acids is 1. The van der Waals surface area contributed by atoms with Crippen LogP contribution in [0.2, 0.25) is 0 Å². The van der Waals surface area contributed by atoms with E-state index in [0.29, 0.717) is 5.69 Å². The summed E-state index contributed by atoms with van der Waals surface area (Å²) < 4.78 is 15.4. The number of phosphoric ester groups is 1. The molecular formula is C19H20N3O9P. The summed E-state index contributed by atoms with van der Waals surface area (Å²) in [6.45, 7) is 0.892. The van der Waals surface area contributed by atoms with Gasteiger partial charge in [-0.1, -0.05) is 18.2 Å². The monoisotopic (exact) mass is 465 g/mol. The molecule has 0 saturated carbocycles. The highest BCUT2D eigenvalue weighted by Crippen LogP contribution is 2.39. The summed E-state index contributed by atoms with van der Waals surface area (Å²) in [6, 6.07) is 6.27. The van der Waals surface area contributed by atoms with Crippen LogP contribution in [0.3, 0.4) is 0 Å². The highest BCUT2D eigenvalue weighted by molar-refractivity contribution is 7.46. The van der Waals surface area contributed by atoms with Gasteiger partial charge in [-0.05, 0) is 13.0 Å². The molecule has 0 aromatic heterocycles. The predicted molar refractivity (Wildman–Crippen MR) is 111 cm³/mol. The topological polar surface area (TPSA) is 198 Å². The Bertz CT molecular complexity index is 1150. The maximum Gasteiger partial charge on any atom is 0.469 e. The molecule has 2 aliphatic rings. The zero-order chi connectivity index (χ0) is 23.7. The number of hydrogen-bond acceptors (Lipinski definition) is 8. The second-order valence-corrected chi connectivity index (χ2v) is 8.25. The van der Waals surface area contributed by atoms with Gasteiger partial charge in [0.15, 0.2) is 5.60 Å². The van der Waals surface area contributed by atoms with E-state index in [1.54, 1.807) is 18.2 Å². The second-order valence-electron chi connectivity index (χ2n) is 7.01. The van der Waals surface area contributed by atoms with E-state index in [2.05, 4.69) is 20.1 Å². The minimum absolute atomic E-state index is 0.0586. The van der Waals surface area contributed by atoms with Crippen molar-refractivity contribution in [2.45, 2.75) is 18.9 Å². The Hall–Kier alpha value is -3.28. The number of allylic oxidation sites excluding steroid dienone is 2. The largest absolute Gasteiger partial charge is 0.505 e. The van der Waals surface area contributed by atoms with Crippen LogP contribution < -0.4 is 10.6 Å². The number of carbonyl (C=O) groups is 2. The molecule has 1 atom stereocenters. The normalized spacial score (nSPS) is 22.4. The van der Waals surface area contributed by atoms with E-state index in [-0.39, 0.29) is 28.2 Å². The SMILES string of the molecule is CC1=C(O)/C(=C\N=C(C[C@@]2(O)C(=O)Nc3ccccc32)C(=O)O)C(COP(=O)(O)O)=CN1. The molecule has 0 saturated heterocycles. The maximum atomic E-state index is 12.4. The number of carboxylic acid groups (broad SMARTS) is 1. The molecule has 7 N–H and O–H groups in total. The Morgan fingerprint density at radius 3 is 2.66 bits per heavy atom. The molecule has 0 radical (unpaired) electrons. The van der Waals surface area contributed by atoms with Gasteiger partial charge in [0, 0.05) is 41.2 Å². The number of aliphatic hydroxyl groups excluding tert-OH is 1. The van der Waals surface area contributed by atoms with Gasteiger partial charge < -0.3 is 35.7 Å². The van der Waals surface area contributed by atoms with Crippen LogP contribution >= 0.6 is 7.82 Å². The summed E-state index contributed by atoms with van der Waals surface area (Å²) in [4.78, 5) is 45.8. The van der Waals surface area contributed by atoms with Crippen molar-refractivity contribution < 1.29 is 43.8 Å². The van der Waals surface area contributed by atoms with Crippen LogP contribution in [-0.4, -0.2) is 49.3 Å². The van der Waals surface area contributed by atoms with E-state index in [9.17, 15) is 29.5 Å². The van der Waals surface area contributed by atoms with Crippen molar-refractivity contribution in [1.29, 1.82) is 0 Å². The van der Waals surface area contributed by atoms with E-state index in [1.165, 1.54) is 19.2 Å². The number of hydrogen-bond donors (Lipinski definition) is 7. The molecule has 1 aromatic carbocycles. The summed E-state index contributed by atoms with van der Waals surface area (Å²) in [5.41, 5.74) is -1.93. The number of carboxylic acids is 1. The third kappa shape index (κ3) is 4.79. The molecule has 0 aliphatic carbocycles. The minimum atomic E-state index is -4.82. The second kappa shape index (κ2) is 8.69. The first-order valence-corrected chi connectivity index (χ1v) is 10.6. The molecule has 1 aromatic rings. The van der Waals surface area contributed by atoms with E-state index in [0.717, 1.165) is 6.20 Å². The average molecular weight is 465 g/mol. The van der Waals surface area contributed by atoms with Crippen molar-refractivity contribution in [3.63, 3.8) is 0 Å². The molecule has 0 fully saturated rings. The lowest BCUT2D eigenvalue weighted by atomic mass is 9.89. The summed E-state index contributed by atoms with van der Waals surface area (Å²) >= 11 is 0. The zero-order valence-electron chi connectivity index (χ0n) is 16.6. The van der Waals surface area contributed by atoms with Gasteiger partial charge in [-0.2, -0.15) is 0 Å². The number of para-hydroxylation sites is 1. The predicted octanol–water partition coefficient (Wildman–Crippen LogP) is 1.01. The Morgan fingerprint density at radius 2 is 2.00 bits per heavy atom. The number of amides is 1. The lowest BCUT2D eigenvalue weighted by molar-refractivity contribution is -0.133. The third-order valence-electron chi connectivity index (χ3n) is 4.82. The number of nitrogens with one attached hydrogen (secondary N) is 2. The highest BCUT2D eigenvalue weighted by atomic mass is 31.2. The van der Waals surface area contributed by atoms with E-state index >= 15 is 0 Å². The fourth-order valence-corrected chi connectivity index (χ4v) is 3.46. The fourth-order valence-electron chi connectivity index (χ4n) is 3.15. The van der Waals surface area contributed by atoms with Gasteiger partial charge in [0.1, 0.15) is 11.5 Å². The molecule has 0 spiro atoms. The minimum Gasteiger partial charge on any atom is -0.505 e. The molecule has 0 unspecified atom stereocenters. The summed E-state index contributed by atoms with van der Waals surface area (Å²) in [5.74, 6) is -2.68. The molecule has 3 rings (SSSR count). The Kier molecular flexibility index (Phi) is 6.35. The Balaban J connectivity index is 1.96. The number of anilines is 1. The Morgan fingerprint density at radius 1 is 1.31 bits per heavy atom. The van der Waals surface area contributed by atoms with Crippen molar-refractivity contribution in [2.24, 2.45) is 4.99 Å². The van der Waals surface area contributed by atoms with Gasteiger partial charge in [-0.25, -0.2) is 9.36 Å². The number of phosphoric acid groups is 1. The van der Waals surface area contributed by atoms with Crippen LogP contribution in [0.5, 0.6) is 0 Å². The number of aliphatic hydroxyl groups is 2. The first-order chi connectivity index (χ1) is 14.9. The van der Waals surface area contributed by atoms with Gasteiger partial charge >= 0.3 is 13.8 Å². The first-order valence-electron chi connectivity index (χ1n) is 9.12. The lowest BCUT2D eigenvalue weighted by Crippen LogP contribution is -2.38. The van der Waals surface area contributed by atoms with Gasteiger partial charge in [0.2, 0.25) is 0 Å². The average Bonchev–Trinajstić information content (AvgIpc) is 2.96. The Labute approximate surface area is 181 Å². The van der Waals surface area contributed by atoms with Crippen LogP contribution in [0, 0.1) is 0 Å². The molecule has 2 heterocycles. The highest BCUT2D eigenvalue weighted by Gasteiger charge is 2.46. The van der Waals surface area contributed by atoms with Crippen LogP contribution in [0.1, 0.15) is 18.9 Å². The smallest absolute Gasteiger partial charge is 0.469 e. The van der Waals surface area contributed by atoms with Crippen LogP contribution in [0.15, 0.2) is 64.3 Å². The molecule has 170 valence electrons. The van der Waals surface area contributed by atoms with Crippen molar-refractivity contribution in [3.8, 4) is 0 Å². The van der Waals surface area contributed by atoms with Crippen LogP contribution in [-0.2, 0) is 24.3 Å². The summed E-state index contributed by atoms with van der Waals surface area (Å²) in [6.07, 6.45) is 1.59. The van der Waals surface area contributed by atoms with Gasteiger partial charge in [-0.3, -0.25) is 14.3 Å². The zero-order valence-corrected chi connectivity index (χ0v) is 17.5. The summed E-state index contributed by atoms with van der Waals surface area (Å²) in [5, 5.41) is 36.0. The molecule has 2 aliphatic heterocycles. The van der Waals surface area contributed by atoms with Crippen molar-refractivity contribution in [1.82, 2.24) is 5.32 Å². The van der Waals surface area contributed by atoms with Crippen molar-refractivity contribution >= 4 is 31.1 Å². The molecule has 13 heteroatoms. The lowest BCUT2D eigenvalue weighted by Gasteiger charge is -2.21. The summed E-state index contributed by atoms with van der Waals surface area (Å²) in [7, 11) is -4.82. The molecular weight excluding hydrogens is 445 g/mol. The quantitative estimate of drug-likeness (QED) is 0.225. The standard InChI is InChI=1S/C19H20N3O9P/c1-10-16(23)12(11(7-20-10)9-31-32(28,29)30)8-21-15(17(24)25)6-19(27)13-4-2-3-5-14(13)22-18(19)26/h2-5,7-8,20,23,27H,6,9H2,1H3,(H,22,26)(H,24,25)(H2,28,29,30)/b12-8-,21-15?/t19-/m0/s1. The van der Waals surface area contributed by atoms with E-state index in [1.807, 2.05) is 0 Å². The molecule has 0 bridgehead atoms. The molecule has 32 heavy (non-hydrogen) atoms. The van der Waals surface area contributed by atoms with Crippen LogP contribution in [0.4, 0.5) is 5.69 Å². The number of rotatable bonds is 7. The van der Waals surface area contributed by atoms with Gasteiger partial charge in [-0.15, -0.1) is 0 Å². The van der Waals surface area contributed by atoms with Gasteiger partial charge in [0.05, 0.1) is 12.3 Å². The molecule has 12 nitrogen and oxygen atoms in total. The number of aliphatic carboxylic acids is 1. The van der Waals surface area contributed by atoms with Gasteiger partial charge in [0.25, 0.3) is 5.91 Å². The van der Waals surface area contributed by atoms with E-state index < -0.39 is 44.0 Å². The van der Waals surface area contributed by atoms with E-state index in [4.69, 9.17) is 9.79 Å². The maximum absolute atomic E-state index is 12.4. The van der Waals surface area contributed by atoms with Crippen molar-refractivity contribution in [2.75, 3.05) is 11.9 Å². The number of fused-ring (bicyclic) bond motifs is 1. The third-order valence-corrected chi connectivity index (χ3v) is 5.29. The molecule has 1 amide bonds. The number of aliphatic imine (C=N–C) groups is 1. The number of benzene rings is 1.